The first kappa shape index (κ1) is 25.9. The topological polar surface area (TPSA) is 108 Å². The van der Waals surface area contributed by atoms with Crippen LogP contribution in [0.4, 0.5) is 4.79 Å². The van der Waals surface area contributed by atoms with Crippen molar-refractivity contribution in [1.82, 2.24) is 10.2 Å². The van der Waals surface area contributed by atoms with E-state index in [9.17, 15) is 14.7 Å². The Balaban J connectivity index is 1.68. The van der Waals surface area contributed by atoms with Gasteiger partial charge in [-0.2, -0.15) is 0 Å². The molecule has 1 aromatic rings. The number of piperidine rings is 1. The van der Waals surface area contributed by atoms with Gasteiger partial charge in [0.2, 0.25) is 0 Å². The van der Waals surface area contributed by atoms with Gasteiger partial charge < -0.3 is 29.9 Å². The van der Waals surface area contributed by atoms with E-state index >= 15 is 0 Å². The Morgan fingerprint density at radius 1 is 1.25 bits per heavy atom. The number of hydrogen-bond donors (Lipinski definition) is 3. The molecule has 0 aliphatic carbocycles. The van der Waals surface area contributed by atoms with Crippen LogP contribution in [0, 0.1) is 12.8 Å². The van der Waals surface area contributed by atoms with Crippen LogP contribution in [-0.2, 0) is 4.74 Å². The van der Waals surface area contributed by atoms with Crippen LogP contribution in [-0.4, -0.2) is 71.7 Å². The number of nitrogens with zero attached hydrogens (tertiary/aromatic N) is 1. The number of benzene rings is 1. The smallest absolute Gasteiger partial charge is 0.410 e. The molecule has 1 saturated heterocycles. The Bertz CT molecular complexity index is 753. The molecule has 0 saturated carbocycles. The monoisotopic (exact) mass is 450 g/mol. The average Bonchev–Trinajstić information content (AvgIpc) is 2.74. The lowest BCUT2D eigenvalue weighted by atomic mass is 9.92. The van der Waals surface area contributed by atoms with Crippen molar-refractivity contribution < 1.29 is 29.3 Å². The zero-order chi connectivity index (χ0) is 23.7. The molecule has 0 aromatic heterocycles. The molecule has 1 heterocycles. The summed E-state index contributed by atoms with van der Waals surface area (Å²) in [7, 11) is 0. The number of likely N-dealkylation sites (tertiary alicyclic amines) is 1. The summed E-state index contributed by atoms with van der Waals surface area (Å²) in [6.45, 7) is 9.15. The highest BCUT2D eigenvalue weighted by Gasteiger charge is 2.26. The molecule has 0 unspecified atom stereocenters. The van der Waals surface area contributed by atoms with Crippen LogP contribution in [0.2, 0.25) is 0 Å². The van der Waals surface area contributed by atoms with Gasteiger partial charge in [0.15, 0.2) is 0 Å². The summed E-state index contributed by atoms with van der Waals surface area (Å²) < 4.78 is 11.3. The first-order valence-electron chi connectivity index (χ1n) is 11.4. The zero-order valence-corrected chi connectivity index (χ0v) is 19.7. The van der Waals surface area contributed by atoms with Crippen molar-refractivity contribution in [3.05, 3.63) is 29.3 Å². The van der Waals surface area contributed by atoms with Crippen LogP contribution >= 0.6 is 0 Å². The van der Waals surface area contributed by atoms with Gasteiger partial charge in [-0.05, 0) is 83.1 Å². The fraction of sp³-hybridized carbons (Fsp3) is 0.667. The molecule has 2 amide bonds. The summed E-state index contributed by atoms with van der Waals surface area (Å²) >= 11 is 0. The molecule has 1 aliphatic heterocycles. The summed E-state index contributed by atoms with van der Waals surface area (Å²) in [4.78, 5) is 26.1. The number of carbonyl (C=O) groups is 2. The van der Waals surface area contributed by atoms with Gasteiger partial charge in [0, 0.05) is 25.2 Å². The maximum absolute atomic E-state index is 12.2. The third-order valence-electron chi connectivity index (χ3n) is 5.44. The summed E-state index contributed by atoms with van der Waals surface area (Å²) in [5.41, 5.74) is 0.834. The number of amides is 2. The lowest BCUT2D eigenvalue weighted by Crippen LogP contribution is -2.41. The van der Waals surface area contributed by atoms with Crippen molar-refractivity contribution in [2.75, 3.05) is 32.8 Å². The van der Waals surface area contributed by atoms with E-state index in [1.165, 1.54) is 0 Å². The summed E-state index contributed by atoms with van der Waals surface area (Å²) in [6, 6.07) is 5.30. The molecule has 180 valence electrons. The second-order valence-corrected chi connectivity index (χ2v) is 9.42. The van der Waals surface area contributed by atoms with E-state index in [4.69, 9.17) is 14.6 Å². The number of ether oxygens (including phenoxy) is 2. The minimum atomic E-state index is -0.966. The molecule has 32 heavy (non-hydrogen) atoms. The summed E-state index contributed by atoms with van der Waals surface area (Å²) in [5.74, 6) is 1.01. The molecule has 8 nitrogen and oxygen atoms in total. The maximum Gasteiger partial charge on any atom is 0.410 e. The molecule has 2 rings (SSSR count). The normalized spacial score (nSPS) is 15.9. The van der Waals surface area contributed by atoms with E-state index in [2.05, 4.69) is 5.32 Å². The maximum atomic E-state index is 12.2. The number of nitrogens with one attached hydrogen (secondary N) is 1. The van der Waals surface area contributed by atoms with Crippen molar-refractivity contribution in [3.63, 3.8) is 0 Å². The van der Waals surface area contributed by atoms with E-state index < -0.39 is 18.3 Å². The van der Waals surface area contributed by atoms with Crippen LogP contribution in [0.15, 0.2) is 18.2 Å². The standard InChI is InChI=1S/C24H38N2O6/c1-17-14-20(7-8-21(17)22(29)25-15-19(28)16-27)31-13-5-6-18-9-11-26(12-10-18)23(30)32-24(2,3)4/h7-8,14,18-19,27-28H,5-6,9-13,15-16H2,1-4H3,(H,25,29)/t19-/m0/s1. The lowest BCUT2D eigenvalue weighted by Gasteiger charge is -2.33. The fourth-order valence-electron chi connectivity index (χ4n) is 3.64. The van der Waals surface area contributed by atoms with Gasteiger partial charge in [0.05, 0.1) is 19.3 Å². The van der Waals surface area contributed by atoms with E-state index in [0.717, 1.165) is 44.3 Å². The van der Waals surface area contributed by atoms with E-state index in [1.807, 2.05) is 33.8 Å². The number of aryl methyl sites for hydroxylation is 1. The molecule has 1 aromatic carbocycles. The van der Waals surface area contributed by atoms with Crippen molar-refractivity contribution in [1.29, 1.82) is 0 Å². The number of aliphatic hydroxyl groups is 2. The third kappa shape index (κ3) is 8.67. The quantitative estimate of drug-likeness (QED) is 0.499. The molecule has 0 bridgehead atoms. The predicted molar refractivity (Wildman–Crippen MR) is 122 cm³/mol. The molecule has 0 spiro atoms. The van der Waals surface area contributed by atoms with Crippen LogP contribution in [0.5, 0.6) is 5.75 Å². The SMILES string of the molecule is Cc1cc(OCCCC2CCN(C(=O)OC(C)(C)C)CC2)ccc1C(=O)NC[C@H](O)CO. The first-order valence-corrected chi connectivity index (χ1v) is 11.4. The number of aliphatic hydroxyl groups excluding tert-OH is 2. The molecule has 1 aliphatic rings. The van der Waals surface area contributed by atoms with Gasteiger partial charge in [-0.1, -0.05) is 0 Å². The Morgan fingerprint density at radius 3 is 2.53 bits per heavy atom. The third-order valence-corrected chi connectivity index (χ3v) is 5.44. The predicted octanol–water partition coefficient (Wildman–Crippen LogP) is 2.88. The van der Waals surface area contributed by atoms with Crippen molar-refractivity contribution in [2.45, 2.75) is 65.1 Å². The second-order valence-electron chi connectivity index (χ2n) is 9.42. The summed E-state index contributed by atoms with van der Waals surface area (Å²) in [6.07, 6.45) is 2.75. The Labute approximate surface area is 190 Å². The van der Waals surface area contributed by atoms with Gasteiger partial charge in [-0.3, -0.25) is 4.79 Å². The highest BCUT2D eigenvalue weighted by molar-refractivity contribution is 5.95. The lowest BCUT2D eigenvalue weighted by molar-refractivity contribution is 0.0179. The van der Waals surface area contributed by atoms with Crippen LogP contribution in [0.3, 0.4) is 0 Å². The van der Waals surface area contributed by atoms with Crippen molar-refractivity contribution in [2.24, 2.45) is 5.92 Å². The number of hydrogen-bond acceptors (Lipinski definition) is 6. The van der Waals surface area contributed by atoms with Crippen LogP contribution in [0.1, 0.15) is 62.4 Å². The number of carbonyl (C=O) groups excluding carboxylic acids is 2. The van der Waals surface area contributed by atoms with E-state index in [0.29, 0.717) is 23.8 Å². The summed E-state index contributed by atoms with van der Waals surface area (Å²) in [5, 5.41) is 20.8. The second kappa shape index (κ2) is 12.1. The highest BCUT2D eigenvalue weighted by atomic mass is 16.6. The minimum absolute atomic E-state index is 0.00370. The molecule has 3 N–H and O–H groups in total. The number of rotatable bonds is 9. The highest BCUT2D eigenvalue weighted by Crippen LogP contribution is 2.24. The zero-order valence-electron chi connectivity index (χ0n) is 19.7. The van der Waals surface area contributed by atoms with E-state index in [1.54, 1.807) is 17.0 Å². The first-order chi connectivity index (χ1) is 15.1. The Morgan fingerprint density at radius 2 is 1.94 bits per heavy atom. The van der Waals surface area contributed by atoms with Crippen molar-refractivity contribution >= 4 is 12.0 Å². The van der Waals surface area contributed by atoms with E-state index in [-0.39, 0.29) is 18.5 Å². The molecular formula is C24H38N2O6. The molecule has 8 heteroatoms. The molecular weight excluding hydrogens is 412 g/mol. The Kier molecular flexibility index (Phi) is 9.78. The average molecular weight is 451 g/mol. The fourth-order valence-corrected chi connectivity index (χ4v) is 3.64. The van der Waals surface area contributed by atoms with Crippen LogP contribution < -0.4 is 10.1 Å². The van der Waals surface area contributed by atoms with Gasteiger partial charge >= 0.3 is 6.09 Å². The molecule has 0 radical (unpaired) electrons. The van der Waals surface area contributed by atoms with Gasteiger partial charge in [-0.15, -0.1) is 0 Å². The van der Waals surface area contributed by atoms with Gasteiger partial charge in [0.1, 0.15) is 11.4 Å². The van der Waals surface area contributed by atoms with Gasteiger partial charge in [-0.25, -0.2) is 4.79 Å². The Hall–Kier alpha value is -2.32. The van der Waals surface area contributed by atoms with Gasteiger partial charge in [0.25, 0.3) is 5.91 Å². The largest absolute Gasteiger partial charge is 0.494 e. The minimum Gasteiger partial charge on any atom is -0.494 e. The van der Waals surface area contributed by atoms with Crippen LogP contribution in [0.25, 0.3) is 0 Å². The van der Waals surface area contributed by atoms with Crippen molar-refractivity contribution in [3.8, 4) is 5.75 Å². The molecule has 1 fully saturated rings. The molecule has 1 atom stereocenters.